The Balaban J connectivity index is 1.81. The van der Waals surface area contributed by atoms with Crippen molar-refractivity contribution in [2.75, 3.05) is 0 Å². The summed E-state index contributed by atoms with van der Waals surface area (Å²) in [4.78, 5) is 2.25. The smallest absolute Gasteiger partial charge is 0.0801 e. The highest BCUT2D eigenvalue weighted by Crippen LogP contribution is 2.32. The molecular weight excluding hydrogens is 400 g/mol. The van der Waals surface area contributed by atoms with E-state index in [0.29, 0.717) is 0 Å². The van der Waals surface area contributed by atoms with E-state index in [1.807, 2.05) is 0 Å². The fourth-order valence-corrected chi connectivity index (χ4v) is 5.18. The number of fused-ring (bicyclic) bond motifs is 2. The van der Waals surface area contributed by atoms with Crippen molar-refractivity contribution in [2.45, 2.75) is 13.8 Å². The van der Waals surface area contributed by atoms with Crippen LogP contribution in [-0.2, 0) is 0 Å². The molecule has 2 aromatic heterocycles. The maximum atomic E-state index is 3.49. The van der Waals surface area contributed by atoms with Crippen molar-refractivity contribution in [2.24, 2.45) is 0 Å². The number of aryl methyl sites for hydroxylation is 2. The third kappa shape index (κ3) is 3.31. The summed E-state index contributed by atoms with van der Waals surface area (Å²) in [6.07, 6.45) is 0. The maximum absolute atomic E-state index is 3.49. The quantitative estimate of drug-likeness (QED) is 0.180. The van der Waals surface area contributed by atoms with E-state index >= 15 is 0 Å². The van der Waals surface area contributed by atoms with Gasteiger partial charge in [-0.15, -0.1) is 22.7 Å². The van der Waals surface area contributed by atoms with Crippen molar-refractivity contribution < 1.29 is 0 Å². The predicted octanol–water partition coefficient (Wildman–Crippen LogP) is 7.53. The molecule has 0 saturated heterocycles. The van der Waals surface area contributed by atoms with E-state index in [1.54, 1.807) is 22.7 Å². The van der Waals surface area contributed by atoms with Gasteiger partial charge in [-0.25, -0.2) is 0 Å². The number of benzene rings is 3. The van der Waals surface area contributed by atoms with Crippen molar-refractivity contribution in [3.8, 4) is 23.7 Å². The molecular formula is C28H18S2. The number of hydrogen-bond acceptors (Lipinski definition) is 2. The summed E-state index contributed by atoms with van der Waals surface area (Å²) in [5.74, 6) is 13.8. The first kappa shape index (κ1) is 18.7. The minimum Gasteiger partial charge on any atom is -0.135 e. The van der Waals surface area contributed by atoms with E-state index in [2.05, 4.69) is 109 Å². The molecule has 0 atom stereocenters. The second kappa shape index (κ2) is 7.85. The zero-order chi connectivity index (χ0) is 20.5. The average Bonchev–Trinajstić information content (AvgIpc) is 3.38. The van der Waals surface area contributed by atoms with E-state index in [-0.39, 0.29) is 0 Å². The van der Waals surface area contributed by atoms with E-state index in [1.165, 1.54) is 11.1 Å². The molecule has 0 bridgehead atoms. The van der Waals surface area contributed by atoms with Crippen molar-refractivity contribution in [1.29, 1.82) is 0 Å². The topological polar surface area (TPSA) is 0 Å². The molecule has 3 aromatic carbocycles. The van der Waals surface area contributed by atoms with E-state index in [4.69, 9.17) is 0 Å². The molecule has 0 unspecified atom stereocenters. The summed E-state index contributed by atoms with van der Waals surface area (Å²) in [6, 6.07) is 21.2. The van der Waals surface area contributed by atoms with Gasteiger partial charge in [-0.05, 0) is 69.4 Å². The number of rotatable bonds is 0. The normalized spacial score (nSPS) is 10.5. The van der Waals surface area contributed by atoms with Crippen molar-refractivity contribution in [3.05, 3.63) is 103 Å². The van der Waals surface area contributed by atoms with Crippen LogP contribution in [0.4, 0.5) is 0 Å². The van der Waals surface area contributed by atoms with Crippen molar-refractivity contribution in [3.63, 3.8) is 0 Å². The first-order valence-electron chi connectivity index (χ1n) is 9.78. The highest BCUT2D eigenvalue weighted by Gasteiger charge is 2.11. The van der Waals surface area contributed by atoms with Crippen molar-refractivity contribution >= 4 is 44.2 Å². The van der Waals surface area contributed by atoms with Crippen LogP contribution in [0.5, 0.6) is 0 Å². The Hall–Kier alpha value is -3.30. The SMILES string of the molecule is Cc1ccsc1C#Cc1c2ccccc2c(C#Cc2sccc2C)c2ccccc12. The van der Waals surface area contributed by atoms with Gasteiger partial charge in [-0.1, -0.05) is 72.2 Å². The third-order valence-electron chi connectivity index (χ3n) is 5.26. The van der Waals surface area contributed by atoms with Gasteiger partial charge in [0.25, 0.3) is 0 Å². The molecule has 0 aliphatic rings. The summed E-state index contributed by atoms with van der Waals surface area (Å²) in [5.41, 5.74) is 4.61. The van der Waals surface area contributed by atoms with Gasteiger partial charge in [0.15, 0.2) is 0 Å². The molecule has 5 rings (SSSR count). The lowest BCUT2D eigenvalue weighted by Gasteiger charge is -2.10. The van der Waals surface area contributed by atoms with Gasteiger partial charge in [0, 0.05) is 11.1 Å². The Bertz CT molecular complexity index is 1350. The fraction of sp³-hybridized carbons (Fsp3) is 0.0714. The van der Waals surface area contributed by atoms with E-state index < -0.39 is 0 Å². The van der Waals surface area contributed by atoms with Gasteiger partial charge in [0.2, 0.25) is 0 Å². The molecule has 0 saturated carbocycles. The third-order valence-corrected chi connectivity index (χ3v) is 7.12. The molecule has 0 aliphatic heterocycles. The van der Waals surface area contributed by atoms with Crippen LogP contribution in [0.2, 0.25) is 0 Å². The molecule has 2 heteroatoms. The van der Waals surface area contributed by atoms with Crippen LogP contribution in [0.3, 0.4) is 0 Å². The molecule has 5 aromatic rings. The van der Waals surface area contributed by atoms with Gasteiger partial charge < -0.3 is 0 Å². The molecule has 142 valence electrons. The van der Waals surface area contributed by atoms with Crippen LogP contribution in [0, 0.1) is 37.5 Å². The number of hydrogen-bond donors (Lipinski definition) is 0. The van der Waals surface area contributed by atoms with Gasteiger partial charge in [0.05, 0.1) is 9.75 Å². The summed E-state index contributed by atoms with van der Waals surface area (Å²) in [5, 5.41) is 8.83. The largest absolute Gasteiger partial charge is 0.135 e. The zero-order valence-electron chi connectivity index (χ0n) is 16.7. The Morgan fingerprint density at radius 3 is 1.17 bits per heavy atom. The molecule has 0 amide bonds. The van der Waals surface area contributed by atoms with Crippen LogP contribution in [-0.4, -0.2) is 0 Å². The highest BCUT2D eigenvalue weighted by atomic mass is 32.1. The molecule has 30 heavy (non-hydrogen) atoms. The lowest BCUT2D eigenvalue weighted by molar-refractivity contribution is 1.53. The van der Waals surface area contributed by atoms with Crippen LogP contribution in [0.15, 0.2) is 71.4 Å². The van der Waals surface area contributed by atoms with Gasteiger partial charge in [-0.3, -0.25) is 0 Å². The Morgan fingerprint density at radius 1 is 0.500 bits per heavy atom. The highest BCUT2D eigenvalue weighted by molar-refractivity contribution is 7.11. The predicted molar refractivity (Wildman–Crippen MR) is 132 cm³/mol. The molecule has 0 spiro atoms. The number of thiophene rings is 2. The standard InChI is InChI=1S/C28H18S2/c1-19-15-17-29-27(19)13-11-25-21-7-3-5-9-23(21)26(24-10-6-4-8-22(24)25)12-14-28-20(2)16-18-30-28/h3-10,15-18H,1-2H3. The monoisotopic (exact) mass is 418 g/mol. The minimum atomic E-state index is 1.08. The van der Waals surface area contributed by atoms with Crippen LogP contribution >= 0.6 is 22.7 Å². The summed E-state index contributed by atoms with van der Waals surface area (Å²) in [7, 11) is 0. The summed E-state index contributed by atoms with van der Waals surface area (Å²) in [6.45, 7) is 4.23. The van der Waals surface area contributed by atoms with Crippen molar-refractivity contribution in [1.82, 2.24) is 0 Å². The lowest BCUT2D eigenvalue weighted by Crippen LogP contribution is -1.90. The van der Waals surface area contributed by atoms with Gasteiger partial charge in [0.1, 0.15) is 0 Å². The Kier molecular flexibility index (Phi) is 4.89. The molecule has 0 aliphatic carbocycles. The Morgan fingerprint density at radius 2 is 0.867 bits per heavy atom. The molecule has 0 N–H and O–H groups in total. The van der Waals surface area contributed by atoms with Gasteiger partial charge in [-0.2, -0.15) is 0 Å². The fourth-order valence-electron chi connectivity index (χ4n) is 3.64. The van der Waals surface area contributed by atoms with Crippen LogP contribution in [0.25, 0.3) is 21.5 Å². The molecule has 2 heterocycles. The second-order valence-electron chi connectivity index (χ2n) is 7.21. The molecule has 0 radical (unpaired) electrons. The lowest BCUT2D eigenvalue weighted by atomic mass is 9.92. The first-order valence-corrected chi connectivity index (χ1v) is 11.5. The Labute approximate surface area is 184 Å². The summed E-state index contributed by atoms with van der Waals surface area (Å²) < 4.78 is 0. The maximum Gasteiger partial charge on any atom is 0.0801 e. The average molecular weight is 419 g/mol. The van der Waals surface area contributed by atoms with E-state index in [0.717, 1.165) is 42.4 Å². The van der Waals surface area contributed by atoms with E-state index in [9.17, 15) is 0 Å². The van der Waals surface area contributed by atoms with Gasteiger partial charge >= 0.3 is 0 Å². The van der Waals surface area contributed by atoms with Crippen LogP contribution < -0.4 is 0 Å². The molecule has 0 nitrogen and oxygen atoms in total. The van der Waals surface area contributed by atoms with Crippen LogP contribution in [0.1, 0.15) is 32.0 Å². The molecule has 0 fully saturated rings. The first-order chi connectivity index (χ1) is 14.7. The summed E-state index contributed by atoms with van der Waals surface area (Å²) >= 11 is 3.39. The second-order valence-corrected chi connectivity index (χ2v) is 9.04. The zero-order valence-corrected chi connectivity index (χ0v) is 18.4. The minimum absolute atomic E-state index is 1.08.